The third-order valence-corrected chi connectivity index (χ3v) is 15.6. The number of carbonyl (C=O) groups is 2. The summed E-state index contributed by atoms with van der Waals surface area (Å²) in [4.78, 5) is 47.0. The summed E-state index contributed by atoms with van der Waals surface area (Å²) in [6.07, 6.45) is 13.8. The highest BCUT2D eigenvalue weighted by Crippen LogP contribution is 2.53. The SMILES string of the molecule is O=C1CCC(c2c(F)cc(N3CCC4(CCN(CC5CCC(c6ccc7c(c6)-n6c(nc(=O)c8c(Br)cccc86)C76CCCCC6)CC5)C4)CC3)cc2F)C(=O)N1. The molecule has 5 fully saturated rings. The standard InChI is InChI=1S/C46H50BrF2N5O3/c47-34-5-4-6-37-41(34)43(57)51-44-46(15-2-1-3-16-46)33-13-11-30(23-38(33)54(37)44)29-9-7-28(8-10-29)26-52-20-17-45(27-52)18-21-53(22-19-45)31-24-35(48)40(36(49)25-31)32-12-14-39(55)50-42(32)56/h4-6,11,13,23-25,28-29,32H,1-3,7-10,12,14-22,26-27H2,(H,50,55,56). The van der Waals surface area contributed by atoms with Crippen molar-refractivity contribution < 1.29 is 18.4 Å². The molecular weight excluding hydrogens is 788 g/mol. The number of fused-ring (bicyclic) bond motifs is 7. The second-order valence-corrected chi connectivity index (χ2v) is 19.0. The summed E-state index contributed by atoms with van der Waals surface area (Å²) in [5.41, 5.74) is 5.12. The van der Waals surface area contributed by atoms with Crippen LogP contribution in [-0.2, 0) is 15.0 Å². The molecule has 2 spiro atoms. The fourth-order valence-corrected chi connectivity index (χ4v) is 12.4. The van der Waals surface area contributed by atoms with Gasteiger partial charge in [0.05, 0.1) is 27.9 Å². The van der Waals surface area contributed by atoms with Crippen LogP contribution in [0.5, 0.6) is 0 Å². The van der Waals surface area contributed by atoms with Crippen LogP contribution in [0.25, 0.3) is 16.6 Å². The van der Waals surface area contributed by atoms with Crippen LogP contribution in [0.2, 0.25) is 0 Å². The van der Waals surface area contributed by atoms with E-state index in [1.165, 1.54) is 61.1 Å². The number of imide groups is 1. The summed E-state index contributed by atoms with van der Waals surface area (Å²) in [6, 6.07) is 16.0. The van der Waals surface area contributed by atoms with Crippen LogP contribution in [0.3, 0.4) is 0 Å². The van der Waals surface area contributed by atoms with Gasteiger partial charge in [-0.2, -0.15) is 4.98 Å². The van der Waals surface area contributed by atoms with Crippen LogP contribution in [-0.4, -0.2) is 59.0 Å². The van der Waals surface area contributed by atoms with Crippen LogP contribution < -0.4 is 15.8 Å². The zero-order valence-electron chi connectivity index (χ0n) is 32.4. The molecule has 2 aliphatic carbocycles. The van der Waals surface area contributed by atoms with E-state index in [1.807, 2.05) is 12.1 Å². The normalized spacial score (nSPS) is 25.6. The molecule has 8 nitrogen and oxygen atoms in total. The number of carbonyl (C=O) groups excluding carboxylic acids is 2. The average molecular weight is 839 g/mol. The first kappa shape index (κ1) is 37.3. The number of hydrogen-bond acceptors (Lipinski definition) is 6. The molecule has 1 atom stereocenters. The molecule has 57 heavy (non-hydrogen) atoms. The van der Waals surface area contributed by atoms with Crippen LogP contribution in [0.1, 0.15) is 124 Å². The zero-order valence-corrected chi connectivity index (χ0v) is 34.0. The predicted octanol–water partition coefficient (Wildman–Crippen LogP) is 8.78. The number of piperidine rings is 2. The third kappa shape index (κ3) is 6.37. The van der Waals surface area contributed by atoms with Crippen molar-refractivity contribution in [1.82, 2.24) is 19.8 Å². The van der Waals surface area contributed by atoms with Crippen molar-refractivity contribution in [3.8, 4) is 5.69 Å². The Labute approximate surface area is 340 Å². The minimum atomic E-state index is -0.983. The molecular formula is C46H50BrF2N5O3. The maximum Gasteiger partial charge on any atom is 0.281 e. The number of aromatic nitrogens is 2. The lowest BCUT2D eigenvalue weighted by atomic mass is 9.69. The number of amides is 2. The Bertz CT molecular complexity index is 2320. The number of benzene rings is 3. The Morgan fingerprint density at radius 3 is 2.32 bits per heavy atom. The maximum atomic E-state index is 15.3. The fourth-order valence-electron chi connectivity index (χ4n) is 11.9. The van der Waals surface area contributed by atoms with Gasteiger partial charge < -0.3 is 9.80 Å². The Hall–Kier alpha value is -3.96. The number of hydrogen-bond donors (Lipinski definition) is 1. The first-order valence-corrected chi connectivity index (χ1v) is 22.1. The summed E-state index contributed by atoms with van der Waals surface area (Å²) >= 11 is 3.65. The molecule has 1 N–H and O–H groups in total. The molecule has 11 heteroatoms. The Morgan fingerprint density at radius 1 is 0.842 bits per heavy atom. The van der Waals surface area contributed by atoms with Gasteiger partial charge in [0.15, 0.2) is 0 Å². The van der Waals surface area contributed by atoms with E-state index in [0.717, 1.165) is 93.5 Å². The Kier molecular flexibility index (Phi) is 9.43. The minimum absolute atomic E-state index is 0.0789. The first-order valence-electron chi connectivity index (χ1n) is 21.3. The van der Waals surface area contributed by atoms with Crippen molar-refractivity contribution >= 4 is 44.3 Å². The lowest BCUT2D eigenvalue weighted by molar-refractivity contribution is -0.134. The van der Waals surface area contributed by atoms with E-state index in [4.69, 9.17) is 4.98 Å². The van der Waals surface area contributed by atoms with Gasteiger partial charge in [-0.3, -0.25) is 24.3 Å². The van der Waals surface area contributed by atoms with E-state index >= 15 is 8.78 Å². The molecule has 0 radical (unpaired) electrons. The van der Waals surface area contributed by atoms with Gasteiger partial charge in [0.2, 0.25) is 11.8 Å². The van der Waals surface area contributed by atoms with Crippen molar-refractivity contribution in [2.75, 3.05) is 37.6 Å². The van der Waals surface area contributed by atoms with Crippen molar-refractivity contribution in [3.63, 3.8) is 0 Å². The predicted molar refractivity (Wildman–Crippen MR) is 220 cm³/mol. The van der Waals surface area contributed by atoms with Gasteiger partial charge in [0.1, 0.15) is 17.5 Å². The molecule has 1 aromatic heterocycles. The summed E-state index contributed by atoms with van der Waals surface area (Å²) < 4.78 is 33.7. The summed E-state index contributed by atoms with van der Waals surface area (Å²) in [5, 5.41) is 2.87. The van der Waals surface area contributed by atoms with Gasteiger partial charge in [0, 0.05) is 48.3 Å². The topological polar surface area (TPSA) is 87.5 Å². The second kappa shape index (κ2) is 14.4. The van der Waals surface area contributed by atoms with Gasteiger partial charge in [0.25, 0.3) is 5.56 Å². The molecule has 1 unspecified atom stereocenters. The van der Waals surface area contributed by atoms with Crippen LogP contribution in [0, 0.1) is 23.0 Å². The van der Waals surface area contributed by atoms with E-state index in [2.05, 4.69) is 59.9 Å². The molecule has 4 aromatic rings. The molecule has 298 valence electrons. The van der Waals surface area contributed by atoms with E-state index in [0.29, 0.717) is 22.9 Å². The second-order valence-electron chi connectivity index (χ2n) is 18.1. The van der Waals surface area contributed by atoms with Crippen LogP contribution in [0.4, 0.5) is 14.5 Å². The van der Waals surface area contributed by atoms with E-state index in [9.17, 15) is 14.4 Å². The maximum absolute atomic E-state index is 15.3. The van der Waals surface area contributed by atoms with E-state index < -0.39 is 29.4 Å². The number of rotatable bonds is 5. The van der Waals surface area contributed by atoms with E-state index in [1.54, 1.807) is 0 Å². The molecule has 6 aliphatic rings. The van der Waals surface area contributed by atoms with E-state index in [-0.39, 0.29) is 34.8 Å². The third-order valence-electron chi connectivity index (χ3n) is 15.0. The van der Waals surface area contributed by atoms with Crippen molar-refractivity contribution in [2.45, 2.75) is 107 Å². The number of halogens is 3. The molecule has 2 amide bonds. The van der Waals surface area contributed by atoms with Crippen molar-refractivity contribution in [2.24, 2.45) is 11.3 Å². The number of anilines is 1. The quantitative estimate of drug-likeness (QED) is 0.203. The summed E-state index contributed by atoms with van der Waals surface area (Å²) in [6.45, 7) is 4.83. The van der Waals surface area contributed by atoms with Gasteiger partial charge in [-0.1, -0.05) is 37.5 Å². The lowest BCUT2D eigenvalue weighted by Gasteiger charge is -2.41. The lowest BCUT2D eigenvalue weighted by Crippen LogP contribution is -2.42. The summed E-state index contributed by atoms with van der Waals surface area (Å²) in [5.74, 6) is -1.31. The van der Waals surface area contributed by atoms with Crippen LogP contribution >= 0.6 is 15.9 Å². The van der Waals surface area contributed by atoms with Crippen LogP contribution in [0.15, 0.2) is 57.8 Å². The molecule has 3 saturated heterocycles. The van der Waals surface area contributed by atoms with Gasteiger partial charge in [-0.15, -0.1) is 0 Å². The Balaban J connectivity index is 0.779. The highest BCUT2D eigenvalue weighted by atomic mass is 79.9. The highest BCUT2D eigenvalue weighted by Gasteiger charge is 2.47. The molecule has 4 aliphatic heterocycles. The molecule has 10 rings (SSSR count). The van der Waals surface area contributed by atoms with Gasteiger partial charge >= 0.3 is 0 Å². The average Bonchev–Trinajstić information content (AvgIpc) is 3.71. The summed E-state index contributed by atoms with van der Waals surface area (Å²) in [7, 11) is 0. The monoisotopic (exact) mass is 837 g/mol. The van der Waals surface area contributed by atoms with Gasteiger partial charge in [-0.05, 0) is 145 Å². The molecule has 3 aromatic carbocycles. The van der Waals surface area contributed by atoms with Gasteiger partial charge in [-0.25, -0.2) is 8.78 Å². The fraction of sp³-hybridized carbons (Fsp3) is 0.522. The number of likely N-dealkylation sites (tertiary alicyclic amines) is 1. The smallest absolute Gasteiger partial charge is 0.281 e. The number of nitrogens with zero attached hydrogens (tertiary/aromatic N) is 4. The Morgan fingerprint density at radius 2 is 1.58 bits per heavy atom. The highest BCUT2D eigenvalue weighted by molar-refractivity contribution is 9.10. The molecule has 2 saturated carbocycles. The molecule has 0 bridgehead atoms. The minimum Gasteiger partial charge on any atom is -0.371 e. The molecule has 5 heterocycles. The first-order chi connectivity index (χ1) is 27.6. The van der Waals surface area contributed by atoms with Crippen molar-refractivity contribution in [1.29, 1.82) is 0 Å². The zero-order chi connectivity index (χ0) is 39.1. The largest absolute Gasteiger partial charge is 0.371 e. The number of nitrogens with one attached hydrogen (secondary N) is 1. The van der Waals surface area contributed by atoms with Crippen molar-refractivity contribution in [3.05, 3.63) is 97.5 Å².